The summed E-state index contributed by atoms with van der Waals surface area (Å²) in [6, 6.07) is 4.83. The van der Waals surface area contributed by atoms with Crippen molar-refractivity contribution in [3.05, 3.63) is 56.9 Å². The van der Waals surface area contributed by atoms with Crippen molar-refractivity contribution >= 4 is 17.2 Å². The number of thiophene rings is 1. The van der Waals surface area contributed by atoms with Gasteiger partial charge in [0.25, 0.3) is 11.8 Å². The summed E-state index contributed by atoms with van der Waals surface area (Å²) in [7, 11) is 0. The molecule has 8 heteroatoms. The fourth-order valence-corrected chi connectivity index (χ4v) is 3.42. The van der Waals surface area contributed by atoms with Gasteiger partial charge in [-0.1, -0.05) is 5.16 Å². The molecule has 0 spiro atoms. The lowest BCUT2D eigenvalue weighted by Crippen LogP contribution is -2.29. The van der Waals surface area contributed by atoms with E-state index in [1.165, 1.54) is 18.3 Å². The van der Waals surface area contributed by atoms with Gasteiger partial charge in [-0.2, -0.15) is 16.3 Å². The van der Waals surface area contributed by atoms with E-state index in [4.69, 9.17) is 4.52 Å². The second-order valence-electron chi connectivity index (χ2n) is 5.65. The van der Waals surface area contributed by atoms with Crippen LogP contribution in [0.25, 0.3) is 11.5 Å². The van der Waals surface area contributed by atoms with Gasteiger partial charge in [-0.05, 0) is 23.9 Å². The first-order chi connectivity index (χ1) is 11.7. The summed E-state index contributed by atoms with van der Waals surface area (Å²) in [6.07, 6.45) is 2.23. The van der Waals surface area contributed by atoms with Crippen molar-refractivity contribution in [2.24, 2.45) is 0 Å². The molecule has 1 aliphatic rings. The summed E-state index contributed by atoms with van der Waals surface area (Å²) in [4.78, 5) is 32.3. The van der Waals surface area contributed by atoms with E-state index in [1.807, 2.05) is 16.8 Å². The van der Waals surface area contributed by atoms with Crippen LogP contribution in [0.2, 0.25) is 0 Å². The second-order valence-corrected chi connectivity index (χ2v) is 6.43. The molecule has 7 nitrogen and oxygen atoms in total. The molecule has 1 saturated heterocycles. The minimum absolute atomic E-state index is 0.0628. The molecule has 4 heterocycles. The minimum Gasteiger partial charge on any atom is -0.338 e. The number of aromatic nitrogens is 3. The average molecular weight is 342 g/mol. The number of carbonyl (C=O) groups is 1. The topological polar surface area (TPSA) is 92.1 Å². The zero-order valence-electron chi connectivity index (χ0n) is 12.6. The van der Waals surface area contributed by atoms with Crippen LogP contribution in [0.15, 0.2) is 44.5 Å². The molecule has 122 valence electrons. The number of nitrogens with zero attached hydrogens (tertiary/aromatic N) is 3. The summed E-state index contributed by atoms with van der Waals surface area (Å²) >= 11 is 1.57. The Labute approximate surface area is 140 Å². The van der Waals surface area contributed by atoms with Crippen LogP contribution in [-0.2, 0) is 0 Å². The van der Waals surface area contributed by atoms with Gasteiger partial charge in [-0.3, -0.25) is 9.59 Å². The number of nitrogens with one attached hydrogen (secondary N) is 1. The monoisotopic (exact) mass is 342 g/mol. The molecule has 24 heavy (non-hydrogen) atoms. The number of carbonyl (C=O) groups excluding carboxylic acids is 1. The van der Waals surface area contributed by atoms with Gasteiger partial charge in [0, 0.05) is 36.7 Å². The first kappa shape index (κ1) is 14.8. The van der Waals surface area contributed by atoms with E-state index in [-0.39, 0.29) is 17.4 Å². The maximum Gasteiger partial charge on any atom is 0.258 e. The predicted molar refractivity (Wildman–Crippen MR) is 87.9 cm³/mol. The maximum absolute atomic E-state index is 12.5. The van der Waals surface area contributed by atoms with E-state index >= 15 is 0 Å². The van der Waals surface area contributed by atoms with E-state index < -0.39 is 0 Å². The third-order valence-corrected chi connectivity index (χ3v) is 4.76. The zero-order chi connectivity index (χ0) is 16.5. The van der Waals surface area contributed by atoms with Gasteiger partial charge >= 0.3 is 0 Å². The standard InChI is InChI=1S/C16H14N4O3S/c21-13-2-1-10(7-17-13)16(22)20-5-3-11(8-20)14-18-15(23-19-14)12-4-6-24-9-12/h1-2,4,6-7,9,11H,3,5,8H2,(H,17,21)/t11-/m1/s1. The SMILES string of the molecule is O=C(c1ccc(=O)[nH]c1)N1CC[C@@H](c2noc(-c3ccsc3)n2)C1. The maximum atomic E-state index is 12.5. The molecule has 0 aromatic carbocycles. The Morgan fingerprint density at radius 2 is 2.29 bits per heavy atom. The summed E-state index contributed by atoms with van der Waals surface area (Å²) in [5.41, 5.74) is 1.17. The van der Waals surface area contributed by atoms with Crippen LogP contribution in [0.1, 0.15) is 28.5 Å². The van der Waals surface area contributed by atoms with Gasteiger partial charge in [-0.25, -0.2) is 0 Å². The van der Waals surface area contributed by atoms with Crippen LogP contribution in [0.4, 0.5) is 0 Å². The number of hydrogen-bond acceptors (Lipinski definition) is 6. The molecule has 3 aromatic heterocycles. The first-order valence-electron chi connectivity index (χ1n) is 7.55. The number of aromatic amines is 1. The predicted octanol–water partition coefficient (Wildman–Crippen LogP) is 2.12. The number of H-pyrrole nitrogens is 1. The van der Waals surface area contributed by atoms with Crippen LogP contribution < -0.4 is 5.56 Å². The Balaban J connectivity index is 1.47. The number of pyridine rings is 1. The number of hydrogen-bond donors (Lipinski definition) is 1. The highest BCUT2D eigenvalue weighted by atomic mass is 32.1. The van der Waals surface area contributed by atoms with Crippen molar-refractivity contribution in [2.45, 2.75) is 12.3 Å². The van der Waals surface area contributed by atoms with Gasteiger partial charge in [-0.15, -0.1) is 0 Å². The molecule has 4 rings (SSSR count). The molecule has 1 aliphatic heterocycles. The zero-order valence-corrected chi connectivity index (χ0v) is 13.5. The number of amides is 1. The molecule has 0 radical (unpaired) electrons. The first-order valence-corrected chi connectivity index (χ1v) is 8.49. The normalized spacial score (nSPS) is 17.3. The van der Waals surface area contributed by atoms with Crippen molar-refractivity contribution < 1.29 is 9.32 Å². The fourth-order valence-electron chi connectivity index (χ4n) is 2.79. The van der Waals surface area contributed by atoms with Crippen molar-refractivity contribution in [3.8, 4) is 11.5 Å². The van der Waals surface area contributed by atoms with Crippen LogP contribution in [0.3, 0.4) is 0 Å². The van der Waals surface area contributed by atoms with E-state index in [2.05, 4.69) is 15.1 Å². The third-order valence-electron chi connectivity index (χ3n) is 4.08. The Hall–Kier alpha value is -2.74. The highest BCUT2D eigenvalue weighted by molar-refractivity contribution is 7.08. The average Bonchev–Trinajstić information content (AvgIpc) is 3.33. The van der Waals surface area contributed by atoms with Gasteiger partial charge < -0.3 is 14.4 Å². The summed E-state index contributed by atoms with van der Waals surface area (Å²) < 4.78 is 5.32. The Morgan fingerprint density at radius 3 is 3.04 bits per heavy atom. The molecule has 1 amide bonds. The number of likely N-dealkylation sites (tertiary alicyclic amines) is 1. The van der Waals surface area contributed by atoms with E-state index in [0.717, 1.165) is 12.0 Å². The van der Waals surface area contributed by atoms with Gasteiger partial charge in [0.2, 0.25) is 5.56 Å². The molecule has 0 unspecified atom stereocenters. The van der Waals surface area contributed by atoms with Crippen LogP contribution in [0.5, 0.6) is 0 Å². The molecule has 1 atom stereocenters. The fraction of sp³-hybridized carbons (Fsp3) is 0.250. The quantitative estimate of drug-likeness (QED) is 0.787. The summed E-state index contributed by atoms with van der Waals surface area (Å²) in [5.74, 6) is 1.10. The lowest BCUT2D eigenvalue weighted by Gasteiger charge is -2.15. The van der Waals surface area contributed by atoms with E-state index in [0.29, 0.717) is 30.4 Å². The van der Waals surface area contributed by atoms with Gasteiger partial charge in [0.15, 0.2) is 5.82 Å². The summed E-state index contributed by atoms with van der Waals surface area (Å²) in [5, 5.41) is 7.98. The Morgan fingerprint density at radius 1 is 1.38 bits per heavy atom. The van der Waals surface area contributed by atoms with Crippen molar-refractivity contribution in [3.63, 3.8) is 0 Å². The van der Waals surface area contributed by atoms with Crippen LogP contribution >= 0.6 is 11.3 Å². The molecule has 3 aromatic rings. The highest BCUT2D eigenvalue weighted by Gasteiger charge is 2.31. The van der Waals surface area contributed by atoms with Gasteiger partial charge in [0.05, 0.1) is 11.1 Å². The molecule has 0 aliphatic carbocycles. The molecular formula is C16H14N4O3S. The van der Waals surface area contributed by atoms with Gasteiger partial charge in [0.1, 0.15) is 0 Å². The third kappa shape index (κ3) is 2.76. The smallest absolute Gasteiger partial charge is 0.258 e. The van der Waals surface area contributed by atoms with Crippen LogP contribution in [-0.4, -0.2) is 39.0 Å². The van der Waals surface area contributed by atoms with Crippen molar-refractivity contribution in [2.75, 3.05) is 13.1 Å². The summed E-state index contributed by atoms with van der Waals surface area (Å²) in [6.45, 7) is 1.17. The van der Waals surface area contributed by atoms with Crippen LogP contribution in [0, 0.1) is 0 Å². The second kappa shape index (κ2) is 6.04. The Kier molecular flexibility index (Phi) is 3.73. The molecular weight excluding hydrogens is 328 g/mol. The molecule has 0 saturated carbocycles. The lowest BCUT2D eigenvalue weighted by atomic mass is 10.1. The molecule has 1 fully saturated rings. The minimum atomic E-state index is -0.224. The Bertz CT molecular complexity index is 895. The lowest BCUT2D eigenvalue weighted by molar-refractivity contribution is 0.0790. The highest BCUT2D eigenvalue weighted by Crippen LogP contribution is 2.28. The van der Waals surface area contributed by atoms with Crippen molar-refractivity contribution in [1.82, 2.24) is 20.0 Å². The molecule has 1 N–H and O–H groups in total. The van der Waals surface area contributed by atoms with Crippen molar-refractivity contribution in [1.29, 1.82) is 0 Å². The van der Waals surface area contributed by atoms with E-state index in [9.17, 15) is 9.59 Å². The van der Waals surface area contributed by atoms with E-state index in [1.54, 1.807) is 16.2 Å². The molecule has 0 bridgehead atoms. The largest absolute Gasteiger partial charge is 0.338 e. The number of rotatable bonds is 3.